The number of rotatable bonds is 7. The van der Waals surface area contributed by atoms with Gasteiger partial charge in [-0.15, -0.1) is 0 Å². The molecule has 0 aromatic carbocycles. The number of carboxylic acids is 1. The van der Waals surface area contributed by atoms with E-state index >= 15 is 0 Å². The van der Waals surface area contributed by atoms with Crippen LogP contribution in [0.1, 0.15) is 113 Å². The first-order valence-electron chi connectivity index (χ1n) is 15.0. The van der Waals surface area contributed by atoms with E-state index in [1.807, 2.05) is 0 Å². The Morgan fingerprint density at radius 1 is 1.05 bits per heavy atom. The number of carbonyl (C=O) groups excluding carboxylic acids is 1. The normalized spacial score (nSPS) is 40.7. The van der Waals surface area contributed by atoms with Gasteiger partial charge in [0, 0.05) is 12.3 Å². The summed E-state index contributed by atoms with van der Waals surface area (Å²) in [5.74, 6) is -0.847. The third kappa shape index (κ3) is 4.21. The van der Waals surface area contributed by atoms with Crippen molar-refractivity contribution in [3.63, 3.8) is 0 Å². The Labute approximate surface area is 230 Å². The van der Waals surface area contributed by atoms with Crippen LogP contribution in [0.15, 0.2) is 23.3 Å². The smallest absolute Gasteiger partial charge is 0.306 e. The number of carboxylic acid groups (broad SMARTS) is 1. The van der Waals surface area contributed by atoms with E-state index in [0.717, 1.165) is 44.1 Å². The van der Waals surface area contributed by atoms with Crippen molar-refractivity contribution in [3.05, 3.63) is 23.3 Å². The van der Waals surface area contributed by atoms with Crippen LogP contribution in [-0.2, 0) is 14.3 Å². The van der Waals surface area contributed by atoms with Crippen LogP contribution in [0.5, 0.6) is 0 Å². The van der Waals surface area contributed by atoms with Gasteiger partial charge in [0.25, 0.3) is 0 Å². The average Bonchev–Trinajstić information content (AvgIpc) is 3.03. The van der Waals surface area contributed by atoms with Crippen LogP contribution < -0.4 is 0 Å². The molecule has 2 saturated carbocycles. The van der Waals surface area contributed by atoms with Gasteiger partial charge in [0.15, 0.2) is 0 Å². The molecular formula is C33H52O5. The highest BCUT2D eigenvalue weighted by molar-refractivity contribution is 5.71. The third-order valence-corrected chi connectivity index (χ3v) is 12.5. The summed E-state index contributed by atoms with van der Waals surface area (Å²) in [6, 6.07) is 0. The molecule has 0 aromatic rings. The van der Waals surface area contributed by atoms with Crippen molar-refractivity contribution in [1.82, 2.24) is 0 Å². The predicted octanol–water partition coefficient (Wildman–Crippen LogP) is 7.33. The van der Waals surface area contributed by atoms with Crippen molar-refractivity contribution in [2.45, 2.75) is 125 Å². The fourth-order valence-corrected chi connectivity index (χ4v) is 9.83. The largest absolute Gasteiger partial charge is 0.481 e. The van der Waals surface area contributed by atoms with Crippen LogP contribution in [-0.4, -0.2) is 34.4 Å². The number of hydrogen-bond donors (Lipinski definition) is 2. The van der Waals surface area contributed by atoms with E-state index in [9.17, 15) is 19.8 Å². The van der Waals surface area contributed by atoms with Gasteiger partial charge in [0.2, 0.25) is 0 Å². The van der Waals surface area contributed by atoms with E-state index in [-0.39, 0.29) is 40.3 Å². The zero-order valence-electron chi connectivity index (χ0n) is 25.2. The van der Waals surface area contributed by atoms with Gasteiger partial charge in [-0.1, -0.05) is 71.8 Å². The van der Waals surface area contributed by atoms with Crippen LogP contribution in [0.4, 0.5) is 0 Å². The molecule has 2 fully saturated rings. The first kappa shape index (κ1) is 29.4. The summed E-state index contributed by atoms with van der Waals surface area (Å²) < 4.78 is 6.13. The Kier molecular flexibility index (Phi) is 7.56. The van der Waals surface area contributed by atoms with Crippen molar-refractivity contribution in [2.24, 2.45) is 45.3 Å². The van der Waals surface area contributed by atoms with Gasteiger partial charge in [-0.2, -0.15) is 0 Å². The van der Waals surface area contributed by atoms with Crippen molar-refractivity contribution >= 4 is 11.9 Å². The van der Waals surface area contributed by atoms with Gasteiger partial charge >= 0.3 is 11.9 Å². The van der Waals surface area contributed by atoms with Crippen molar-refractivity contribution in [1.29, 1.82) is 0 Å². The summed E-state index contributed by atoms with van der Waals surface area (Å²) in [5, 5.41) is 21.4. The molecule has 0 bridgehead atoms. The molecule has 4 rings (SSSR count). The number of fused-ring (bicyclic) bond motifs is 4. The van der Waals surface area contributed by atoms with Crippen LogP contribution in [0.2, 0.25) is 0 Å². The highest BCUT2D eigenvalue weighted by Crippen LogP contribution is 2.73. The monoisotopic (exact) mass is 528 g/mol. The number of hydrogen-bond acceptors (Lipinski definition) is 4. The van der Waals surface area contributed by atoms with Crippen LogP contribution >= 0.6 is 0 Å². The standard InChI is InChI=1S/C33H52O5/c1-19(2)20(3)10-11-22(29(36)37)25-18-28(38-21(4)34)33(9)24-12-13-26-30(5,6)27(35)15-16-31(26,7)23(24)14-17-32(25,33)8/h19,22,25-28,35H,3,10-18H2,1-2,4-9H3,(H,36,37)/t22-,25-,26+,27+,28+,31-,32-,33-/m1/s1. The van der Waals surface area contributed by atoms with Gasteiger partial charge in [0.1, 0.15) is 6.10 Å². The summed E-state index contributed by atoms with van der Waals surface area (Å²) in [4.78, 5) is 25.2. The second kappa shape index (κ2) is 9.78. The van der Waals surface area contributed by atoms with E-state index in [2.05, 4.69) is 55.0 Å². The molecular weight excluding hydrogens is 476 g/mol. The molecule has 214 valence electrons. The maximum atomic E-state index is 12.8. The van der Waals surface area contributed by atoms with E-state index < -0.39 is 17.3 Å². The SMILES string of the molecule is C=C(CC[C@@H](C(=O)O)[C@H]1C[C@H](OC(C)=O)[C@@]2(C)C3=C(CC[C@]12C)[C@@]1(C)CC[C@H](O)C(C)(C)[C@@H]1CC3)C(C)C. The first-order valence-corrected chi connectivity index (χ1v) is 15.0. The van der Waals surface area contributed by atoms with Crippen molar-refractivity contribution < 1.29 is 24.5 Å². The molecule has 0 saturated heterocycles. The first-order chi connectivity index (χ1) is 17.5. The van der Waals surface area contributed by atoms with Gasteiger partial charge in [-0.25, -0.2) is 0 Å². The van der Waals surface area contributed by atoms with Crippen LogP contribution in [0.25, 0.3) is 0 Å². The topological polar surface area (TPSA) is 83.8 Å². The van der Waals surface area contributed by atoms with Crippen molar-refractivity contribution in [2.75, 3.05) is 0 Å². The molecule has 5 nitrogen and oxygen atoms in total. The summed E-state index contributed by atoms with van der Waals surface area (Å²) in [6.07, 6.45) is 6.88. The number of carbonyl (C=O) groups is 2. The van der Waals surface area contributed by atoms with Gasteiger partial charge in [-0.05, 0) is 91.8 Å². The Balaban J connectivity index is 1.79. The molecule has 0 radical (unpaired) electrons. The molecule has 38 heavy (non-hydrogen) atoms. The maximum Gasteiger partial charge on any atom is 0.306 e. The maximum absolute atomic E-state index is 12.8. The molecule has 0 amide bonds. The molecule has 4 aliphatic carbocycles. The molecule has 4 aliphatic rings. The lowest BCUT2D eigenvalue weighted by molar-refractivity contribution is -0.154. The quantitative estimate of drug-likeness (QED) is 0.267. The second-order valence-corrected chi connectivity index (χ2v) is 14.7. The molecule has 0 aromatic heterocycles. The highest BCUT2D eigenvalue weighted by atomic mass is 16.5. The number of ether oxygens (including phenoxy) is 1. The Morgan fingerprint density at radius 2 is 1.71 bits per heavy atom. The number of aliphatic hydroxyl groups is 1. The Morgan fingerprint density at radius 3 is 2.29 bits per heavy atom. The Hall–Kier alpha value is -1.62. The molecule has 0 unspecified atom stereocenters. The molecule has 8 atom stereocenters. The minimum Gasteiger partial charge on any atom is -0.481 e. The minimum atomic E-state index is -0.739. The van der Waals surface area contributed by atoms with Gasteiger partial charge in [-0.3, -0.25) is 9.59 Å². The number of aliphatic hydroxyl groups excluding tert-OH is 1. The highest BCUT2D eigenvalue weighted by Gasteiger charge is 2.68. The third-order valence-electron chi connectivity index (χ3n) is 12.5. The summed E-state index contributed by atoms with van der Waals surface area (Å²) >= 11 is 0. The lowest BCUT2D eigenvalue weighted by Crippen LogP contribution is -2.56. The molecule has 0 aliphatic heterocycles. The molecule has 5 heteroatoms. The summed E-state index contributed by atoms with van der Waals surface area (Å²) in [7, 11) is 0. The molecule has 2 N–H and O–H groups in total. The average molecular weight is 529 g/mol. The second-order valence-electron chi connectivity index (χ2n) is 14.7. The van der Waals surface area contributed by atoms with E-state index in [0.29, 0.717) is 31.1 Å². The lowest BCUT2D eigenvalue weighted by atomic mass is 9.43. The fraction of sp³-hybridized carbons (Fsp3) is 0.818. The zero-order valence-corrected chi connectivity index (χ0v) is 25.2. The Bertz CT molecular complexity index is 1020. The summed E-state index contributed by atoms with van der Waals surface area (Å²) in [5.41, 5.74) is 3.25. The van der Waals surface area contributed by atoms with Crippen LogP contribution in [0.3, 0.4) is 0 Å². The minimum absolute atomic E-state index is 0.0146. The van der Waals surface area contributed by atoms with Gasteiger partial charge < -0.3 is 14.9 Å². The van der Waals surface area contributed by atoms with E-state index in [4.69, 9.17) is 4.74 Å². The van der Waals surface area contributed by atoms with Crippen LogP contribution in [0, 0.1) is 45.3 Å². The molecule has 0 heterocycles. The predicted molar refractivity (Wildman–Crippen MR) is 150 cm³/mol. The van der Waals surface area contributed by atoms with Gasteiger partial charge in [0.05, 0.1) is 12.0 Å². The lowest BCUT2D eigenvalue weighted by Gasteiger charge is -2.62. The number of aliphatic carboxylic acids is 1. The number of esters is 1. The van der Waals surface area contributed by atoms with E-state index in [1.54, 1.807) is 0 Å². The molecule has 0 spiro atoms. The summed E-state index contributed by atoms with van der Waals surface area (Å²) in [6.45, 7) is 21.4. The van der Waals surface area contributed by atoms with E-state index in [1.165, 1.54) is 18.1 Å². The zero-order chi connectivity index (χ0) is 28.4. The fourth-order valence-electron chi connectivity index (χ4n) is 9.83. The van der Waals surface area contributed by atoms with Crippen molar-refractivity contribution in [3.8, 4) is 0 Å². The number of allylic oxidation sites excluding steroid dienone is 2.